The van der Waals surface area contributed by atoms with Crippen molar-refractivity contribution in [3.63, 3.8) is 0 Å². The van der Waals surface area contributed by atoms with Crippen LogP contribution in [0.25, 0.3) is 22.3 Å². The number of para-hydroxylation sites is 2. The number of hydrogen-bond donors (Lipinski definition) is 0. The van der Waals surface area contributed by atoms with E-state index in [1.165, 1.54) is 137 Å². The molecule has 0 aromatic heterocycles. The predicted octanol–water partition coefficient (Wildman–Crippen LogP) is 12.2. The number of hydrogen-bond acceptors (Lipinski definition) is 2. The van der Waals surface area contributed by atoms with Crippen molar-refractivity contribution in [3.8, 4) is 22.3 Å². The molecule has 0 N–H and O–H groups in total. The Labute approximate surface area is 336 Å². The minimum atomic E-state index is 0.0841. The molecule has 0 saturated heterocycles. The van der Waals surface area contributed by atoms with Gasteiger partial charge in [-0.3, -0.25) is 0 Å². The van der Waals surface area contributed by atoms with Crippen LogP contribution in [0.5, 0.6) is 0 Å². The Kier molecular flexibility index (Phi) is 6.73. The van der Waals surface area contributed by atoms with Gasteiger partial charge in [0.15, 0.2) is 0 Å². The molecule has 274 valence electrons. The first kappa shape index (κ1) is 32.3. The van der Waals surface area contributed by atoms with E-state index in [0.29, 0.717) is 0 Å². The Morgan fingerprint density at radius 1 is 0.351 bits per heavy atom. The van der Waals surface area contributed by atoms with Gasteiger partial charge in [0, 0.05) is 45.0 Å². The summed E-state index contributed by atoms with van der Waals surface area (Å²) in [6.45, 7) is 0.122. The van der Waals surface area contributed by atoms with E-state index in [1.54, 1.807) is 22.3 Å². The third-order valence-corrected chi connectivity index (χ3v) is 15.2. The Morgan fingerprint density at radius 3 is 1.60 bits per heavy atom. The third-order valence-electron chi connectivity index (χ3n) is 15.2. The zero-order chi connectivity index (χ0) is 37.3. The van der Waals surface area contributed by atoms with E-state index in [4.69, 9.17) is 0 Å². The molecule has 0 atom stereocenters. The Hall–Kier alpha value is -5.80. The molecule has 57 heavy (non-hydrogen) atoms. The van der Waals surface area contributed by atoms with Gasteiger partial charge in [-0.2, -0.15) is 0 Å². The van der Waals surface area contributed by atoms with E-state index < -0.39 is 0 Å². The van der Waals surface area contributed by atoms with Crippen molar-refractivity contribution in [2.75, 3.05) is 9.80 Å². The van der Waals surface area contributed by atoms with E-state index >= 15 is 0 Å². The molecule has 4 aliphatic carbocycles. The van der Waals surface area contributed by atoms with Crippen LogP contribution < -0.4 is 26.2 Å². The Morgan fingerprint density at radius 2 is 0.895 bits per heavy atom. The van der Waals surface area contributed by atoms with Gasteiger partial charge in [0.05, 0.1) is 0 Å². The highest BCUT2D eigenvalue weighted by Crippen LogP contribution is 2.59. The summed E-state index contributed by atoms with van der Waals surface area (Å²) >= 11 is 0. The molecule has 13 rings (SSSR count). The molecule has 2 aliphatic heterocycles. The smallest absolute Gasteiger partial charge is 0.252 e. The molecule has 2 fully saturated rings. The fraction of sp³-hybridized carbons (Fsp3) is 0.222. The van der Waals surface area contributed by atoms with Gasteiger partial charge < -0.3 is 9.80 Å². The quantitative estimate of drug-likeness (QED) is 0.163. The highest BCUT2D eigenvalue weighted by molar-refractivity contribution is 7.00. The topological polar surface area (TPSA) is 6.48 Å². The lowest BCUT2D eigenvalue weighted by molar-refractivity contribution is 0.353. The van der Waals surface area contributed by atoms with Crippen molar-refractivity contribution in [1.82, 2.24) is 0 Å². The lowest BCUT2D eigenvalue weighted by atomic mass is 9.33. The molecule has 2 saturated carbocycles. The summed E-state index contributed by atoms with van der Waals surface area (Å²) in [5.41, 5.74) is 24.1. The molecule has 7 aromatic rings. The minimum absolute atomic E-state index is 0.0841. The molecule has 0 unspecified atom stereocenters. The van der Waals surface area contributed by atoms with Crippen molar-refractivity contribution < 1.29 is 0 Å². The average molecular weight is 733 g/mol. The van der Waals surface area contributed by atoms with Crippen LogP contribution in [0.4, 0.5) is 34.1 Å². The van der Waals surface area contributed by atoms with Gasteiger partial charge >= 0.3 is 0 Å². The fourth-order valence-corrected chi connectivity index (χ4v) is 12.9. The van der Waals surface area contributed by atoms with Crippen LogP contribution in [0.15, 0.2) is 152 Å². The third kappa shape index (κ3) is 4.22. The molecule has 0 bridgehead atoms. The summed E-state index contributed by atoms with van der Waals surface area (Å²) < 4.78 is 0. The molecule has 3 heteroatoms. The van der Waals surface area contributed by atoms with Gasteiger partial charge in [-0.25, -0.2) is 0 Å². The first-order chi connectivity index (χ1) is 28.3. The van der Waals surface area contributed by atoms with Gasteiger partial charge in [0.2, 0.25) is 0 Å². The molecule has 0 radical (unpaired) electrons. The van der Waals surface area contributed by atoms with Crippen molar-refractivity contribution >= 4 is 57.2 Å². The molecule has 2 nitrogen and oxygen atoms in total. The summed E-state index contributed by atoms with van der Waals surface area (Å²) in [6, 6.07) is 59.0. The second kappa shape index (κ2) is 11.9. The Balaban J connectivity index is 1.11. The number of benzene rings is 7. The number of nitrogens with zero attached hydrogens (tertiary/aromatic N) is 2. The summed E-state index contributed by atoms with van der Waals surface area (Å²) in [5.74, 6) is 0. The van der Waals surface area contributed by atoms with Crippen molar-refractivity contribution in [2.24, 2.45) is 0 Å². The molecular weight excluding hydrogens is 687 g/mol. The van der Waals surface area contributed by atoms with Gasteiger partial charge in [0.1, 0.15) is 0 Å². The first-order valence-electron chi connectivity index (χ1n) is 21.7. The maximum atomic E-state index is 2.72. The van der Waals surface area contributed by atoms with Gasteiger partial charge in [0.25, 0.3) is 6.71 Å². The van der Waals surface area contributed by atoms with E-state index in [2.05, 4.69) is 161 Å². The van der Waals surface area contributed by atoms with E-state index in [0.717, 1.165) is 0 Å². The van der Waals surface area contributed by atoms with Gasteiger partial charge in [-0.15, -0.1) is 0 Å². The molecule has 2 heterocycles. The fourth-order valence-electron chi connectivity index (χ4n) is 12.9. The van der Waals surface area contributed by atoms with Crippen LogP contribution >= 0.6 is 0 Å². The van der Waals surface area contributed by atoms with Gasteiger partial charge in [-0.05, 0) is 135 Å². The normalized spacial score (nSPS) is 18.4. The largest absolute Gasteiger partial charge is 0.311 e. The summed E-state index contributed by atoms with van der Waals surface area (Å²) in [6.07, 6.45) is 12.8. The molecule has 2 spiro atoms. The number of anilines is 6. The highest BCUT2D eigenvalue weighted by Gasteiger charge is 2.49. The van der Waals surface area contributed by atoms with Crippen LogP contribution in [-0.2, 0) is 10.8 Å². The van der Waals surface area contributed by atoms with Crippen LogP contribution in [0.2, 0.25) is 0 Å². The first-order valence-corrected chi connectivity index (χ1v) is 21.7. The van der Waals surface area contributed by atoms with Crippen molar-refractivity contribution in [3.05, 3.63) is 174 Å². The summed E-state index contributed by atoms with van der Waals surface area (Å²) in [7, 11) is 0. The van der Waals surface area contributed by atoms with E-state index in [1.807, 2.05) is 0 Å². The molecular formula is C54H45BN2. The molecule has 7 aromatic carbocycles. The van der Waals surface area contributed by atoms with E-state index in [9.17, 15) is 0 Å². The van der Waals surface area contributed by atoms with Crippen LogP contribution in [0, 0.1) is 0 Å². The second-order valence-electron chi connectivity index (χ2n) is 17.8. The highest BCUT2D eigenvalue weighted by atomic mass is 15.2. The standard InChI is InChI=1S/C54H45BN2/c1-4-17-36(18-5-1)56-48-24-11-10-23-46(48)55-47-35-45-41(39-20-7-9-22-43(39)54(45)31-14-3-15-32-54)34-51(47)57(50-26-16-25-49(56)52(50)55)37-27-28-40-38-19-6-8-21-42(38)53(44(40)33-37)29-12-2-13-30-53/h1,4-11,16-28,33-35H,2-3,12-15,29-32H2. The SMILES string of the molecule is c1ccc(N2c3ccccc3B3c4cc5c(cc4N(c4ccc6c(c4)C4(CCCCC4)c4ccccc4-6)c4cccc2c43)-c2ccccc2C52CCCCC2)cc1. The average Bonchev–Trinajstić information content (AvgIpc) is 3.68. The zero-order valence-corrected chi connectivity index (χ0v) is 32.5. The second-order valence-corrected chi connectivity index (χ2v) is 17.8. The van der Waals surface area contributed by atoms with E-state index in [-0.39, 0.29) is 17.5 Å². The lowest BCUT2D eigenvalue weighted by Gasteiger charge is -2.45. The van der Waals surface area contributed by atoms with Gasteiger partial charge in [-0.1, -0.05) is 142 Å². The van der Waals surface area contributed by atoms with Crippen LogP contribution in [-0.4, -0.2) is 6.71 Å². The summed E-state index contributed by atoms with van der Waals surface area (Å²) in [4.78, 5) is 5.20. The Bertz CT molecular complexity index is 2790. The lowest BCUT2D eigenvalue weighted by Crippen LogP contribution is -2.61. The number of fused-ring (bicyclic) bond motifs is 14. The minimum Gasteiger partial charge on any atom is -0.311 e. The van der Waals surface area contributed by atoms with Crippen LogP contribution in [0.3, 0.4) is 0 Å². The number of rotatable bonds is 2. The summed E-state index contributed by atoms with van der Waals surface area (Å²) in [5, 5.41) is 0. The maximum absolute atomic E-state index is 2.72. The molecule has 0 amide bonds. The van der Waals surface area contributed by atoms with Crippen molar-refractivity contribution in [1.29, 1.82) is 0 Å². The predicted molar refractivity (Wildman–Crippen MR) is 239 cm³/mol. The monoisotopic (exact) mass is 732 g/mol. The maximum Gasteiger partial charge on any atom is 0.252 e. The van der Waals surface area contributed by atoms with Crippen LogP contribution in [0.1, 0.15) is 86.5 Å². The molecule has 6 aliphatic rings. The van der Waals surface area contributed by atoms with Crippen molar-refractivity contribution in [2.45, 2.75) is 75.0 Å². The zero-order valence-electron chi connectivity index (χ0n) is 32.5.